The molecule has 4 rings (SSSR count). The summed E-state index contributed by atoms with van der Waals surface area (Å²) in [5, 5.41) is 11.2. The second kappa shape index (κ2) is 9.63. The van der Waals surface area contributed by atoms with E-state index < -0.39 is 17.7 Å². The first kappa shape index (κ1) is 24.0. The van der Waals surface area contributed by atoms with Crippen LogP contribution < -0.4 is 4.74 Å². The SMILES string of the molecule is CCOc1ccc(C(O)=C2C(=O)C(=O)N(CC3CCCO3)C2c2ccc(C(C)(C)C)cc2)cc1. The van der Waals surface area contributed by atoms with Crippen LogP contribution in [0.15, 0.2) is 54.1 Å². The Hall–Kier alpha value is -3.12. The van der Waals surface area contributed by atoms with Gasteiger partial charge in [0.15, 0.2) is 0 Å². The minimum Gasteiger partial charge on any atom is -0.507 e. The molecule has 1 N–H and O–H groups in total. The molecule has 6 heteroatoms. The highest BCUT2D eigenvalue weighted by molar-refractivity contribution is 6.46. The van der Waals surface area contributed by atoms with Crippen LogP contribution in [0.2, 0.25) is 0 Å². The fourth-order valence-electron chi connectivity index (χ4n) is 4.62. The van der Waals surface area contributed by atoms with Crippen molar-refractivity contribution in [3.63, 3.8) is 0 Å². The summed E-state index contributed by atoms with van der Waals surface area (Å²) in [4.78, 5) is 27.9. The zero-order chi connectivity index (χ0) is 24.5. The van der Waals surface area contributed by atoms with Crippen molar-refractivity contribution in [2.24, 2.45) is 0 Å². The standard InChI is InChI=1S/C28H33NO5/c1-5-33-21-14-10-19(11-15-21)25(30)23-24(18-8-12-20(13-9-18)28(2,3)4)29(27(32)26(23)31)17-22-7-6-16-34-22/h8-15,22,24,30H,5-7,16-17H2,1-4H3. The molecule has 180 valence electrons. The lowest BCUT2D eigenvalue weighted by Gasteiger charge is -2.28. The van der Waals surface area contributed by atoms with Crippen molar-refractivity contribution in [2.45, 2.75) is 58.1 Å². The molecule has 0 aliphatic carbocycles. The van der Waals surface area contributed by atoms with Crippen molar-refractivity contribution in [1.82, 2.24) is 4.90 Å². The third-order valence-corrected chi connectivity index (χ3v) is 6.50. The van der Waals surface area contributed by atoms with Gasteiger partial charge < -0.3 is 19.5 Å². The molecule has 0 spiro atoms. The number of aliphatic hydroxyl groups excluding tert-OH is 1. The fraction of sp³-hybridized carbons (Fsp3) is 0.429. The highest BCUT2D eigenvalue weighted by Gasteiger charge is 2.47. The van der Waals surface area contributed by atoms with Crippen molar-refractivity contribution in [2.75, 3.05) is 19.8 Å². The van der Waals surface area contributed by atoms with Crippen molar-refractivity contribution >= 4 is 17.4 Å². The minimum atomic E-state index is -0.676. The molecular weight excluding hydrogens is 430 g/mol. The maximum atomic E-state index is 13.2. The van der Waals surface area contributed by atoms with Crippen LogP contribution in [0.4, 0.5) is 0 Å². The number of carbonyl (C=O) groups excluding carboxylic acids is 2. The first-order valence-electron chi connectivity index (χ1n) is 11.9. The summed E-state index contributed by atoms with van der Waals surface area (Å²) in [6.07, 6.45) is 1.67. The maximum absolute atomic E-state index is 13.2. The molecule has 6 nitrogen and oxygen atoms in total. The minimum absolute atomic E-state index is 0.0274. The number of amides is 1. The van der Waals surface area contributed by atoms with Gasteiger partial charge in [0, 0.05) is 18.7 Å². The predicted octanol–water partition coefficient (Wildman–Crippen LogP) is 4.98. The Morgan fingerprint density at radius 1 is 1.09 bits per heavy atom. The number of Topliss-reactive ketones (excluding diaryl/α,β-unsaturated/α-hetero) is 1. The molecule has 2 fully saturated rings. The highest BCUT2D eigenvalue weighted by Crippen LogP contribution is 2.40. The fourth-order valence-corrected chi connectivity index (χ4v) is 4.62. The van der Waals surface area contributed by atoms with Gasteiger partial charge in [-0.25, -0.2) is 0 Å². The lowest BCUT2D eigenvalue weighted by Crippen LogP contribution is -2.36. The summed E-state index contributed by atoms with van der Waals surface area (Å²) in [6.45, 7) is 9.81. The largest absolute Gasteiger partial charge is 0.507 e. The first-order chi connectivity index (χ1) is 16.2. The van der Waals surface area contributed by atoms with Gasteiger partial charge in [-0.15, -0.1) is 0 Å². The van der Waals surface area contributed by atoms with E-state index in [1.54, 1.807) is 29.2 Å². The smallest absolute Gasteiger partial charge is 0.295 e. The van der Waals surface area contributed by atoms with Crippen LogP contribution >= 0.6 is 0 Å². The van der Waals surface area contributed by atoms with Gasteiger partial charge in [0.05, 0.1) is 24.3 Å². The topological polar surface area (TPSA) is 76.1 Å². The monoisotopic (exact) mass is 463 g/mol. The van der Waals surface area contributed by atoms with Gasteiger partial charge in [-0.1, -0.05) is 45.0 Å². The molecule has 0 bridgehead atoms. The summed E-state index contributed by atoms with van der Waals surface area (Å²) < 4.78 is 11.2. The van der Waals surface area contributed by atoms with Crippen molar-refractivity contribution in [3.05, 3.63) is 70.8 Å². The summed E-state index contributed by atoms with van der Waals surface area (Å²) in [6, 6.07) is 14.2. The number of ketones is 1. The van der Waals surface area contributed by atoms with Crippen molar-refractivity contribution in [1.29, 1.82) is 0 Å². The Bertz CT molecular complexity index is 1070. The number of ether oxygens (including phenoxy) is 2. The van der Waals surface area contributed by atoms with Crippen LogP contribution in [-0.2, 0) is 19.7 Å². The van der Waals surface area contributed by atoms with Gasteiger partial charge in [-0.05, 0) is 60.6 Å². The summed E-state index contributed by atoms with van der Waals surface area (Å²) in [5.74, 6) is -0.782. The Balaban J connectivity index is 1.78. The van der Waals surface area contributed by atoms with Crippen LogP contribution in [0.3, 0.4) is 0 Å². The van der Waals surface area contributed by atoms with Gasteiger partial charge >= 0.3 is 0 Å². The number of rotatable bonds is 6. The van der Waals surface area contributed by atoms with E-state index in [9.17, 15) is 14.7 Å². The molecule has 1 amide bonds. The Kier molecular flexibility index (Phi) is 6.80. The van der Waals surface area contributed by atoms with E-state index in [0.717, 1.165) is 24.0 Å². The number of likely N-dealkylation sites (tertiary alicyclic amines) is 1. The van der Waals surface area contributed by atoms with E-state index in [0.29, 0.717) is 31.1 Å². The molecule has 0 aromatic heterocycles. The lowest BCUT2D eigenvalue weighted by molar-refractivity contribution is -0.140. The quantitative estimate of drug-likeness (QED) is 0.371. The molecule has 34 heavy (non-hydrogen) atoms. The molecule has 0 saturated carbocycles. The Morgan fingerprint density at radius 2 is 1.76 bits per heavy atom. The average Bonchev–Trinajstić information content (AvgIpc) is 3.41. The van der Waals surface area contributed by atoms with E-state index in [-0.39, 0.29) is 22.9 Å². The zero-order valence-corrected chi connectivity index (χ0v) is 20.3. The summed E-state index contributed by atoms with van der Waals surface area (Å²) >= 11 is 0. The molecule has 2 unspecified atom stereocenters. The maximum Gasteiger partial charge on any atom is 0.295 e. The molecule has 0 radical (unpaired) electrons. The van der Waals surface area contributed by atoms with E-state index in [4.69, 9.17) is 9.47 Å². The van der Waals surface area contributed by atoms with E-state index >= 15 is 0 Å². The van der Waals surface area contributed by atoms with Gasteiger partial charge in [0.25, 0.3) is 11.7 Å². The van der Waals surface area contributed by atoms with Crippen LogP contribution in [-0.4, -0.2) is 47.6 Å². The van der Waals surface area contributed by atoms with E-state index in [1.807, 2.05) is 31.2 Å². The molecule has 2 aliphatic heterocycles. The second-order valence-electron chi connectivity index (χ2n) is 9.92. The Labute approximate surface area is 201 Å². The third kappa shape index (κ3) is 4.73. The van der Waals surface area contributed by atoms with E-state index in [1.165, 1.54) is 0 Å². The van der Waals surface area contributed by atoms with Crippen LogP contribution in [0.25, 0.3) is 5.76 Å². The lowest BCUT2D eigenvalue weighted by atomic mass is 9.85. The molecular formula is C28H33NO5. The first-order valence-corrected chi connectivity index (χ1v) is 11.9. The highest BCUT2D eigenvalue weighted by atomic mass is 16.5. The van der Waals surface area contributed by atoms with Crippen molar-refractivity contribution < 1.29 is 24.2 Å². The summed E-state index contributed by atoms with van der Waals surface area (Å²) in [7, 11) is 0. The molecule has 2 heterocycles. The molecule has 2 aromatic rings. The molecule has 2 aromatic carbocycles. The van der Waals surface area contributed by atoms with Crippen LogP contribution in [0.5, 0.6) is 5.75 Å². The van der Waals surface area contributed by atoms with Gasteiger partial charge in [0.2, 0.25) is 0 Å². The van der Waals surface area contributed by atoms with Gasteiger partial charge in [-0.3, -0.25) is 9.59 Å². The third-order valence-electron chi connectivity index (χ3n) is 6.50. The predicted molar refractivity (Wildman–Crippen MR) is 131 cm³/mol. The number of hydrogen-bond acceptors (Lipinski definition) is 5. The molecule has 2 saturated heterocycles. The van der Waals surface area contributed by atoms with Crippen molar-refractivity contribution in [3.8, 4) is 5.75 Å². The van der Waals surface area contributed by atoms with E-state index in [2.05, 4.69) is 20.8 Å². The second-order valence-corrected chi connectivity index (χ2v) is 9.92. The van der Waals surface area contributed by atoms with Crippen LogP contribution in [0.1, 0.15) is 63.3 Å². The number of hydrogen-bond donors (Lipinski definition) is 1. The number of aliphatic hydroxyl groups is 1. The Morgan fingerprint density at radius 3 is 2.32 bits per heavy atom. The zero-order valence-electron chi connectivity index (χ0n) is 20.3. The number of carbonyl (C=O) groups is 2. The van der Waals surface area contributed by atoms with Gasteiger partial charge in [-0.2, -0.15) is 0 Å². The van der Waals surface area contributed by atoms with Gasteiger partial charge in [0.1, 0.15) is 11.5 Å². The summed E-state index contributed by atoms with van der Waals surface area (Å²) in [5.41, 5.74) is 2.49. The molecule has 2 aliphatic rings. The number of benzene rings is 2. The molecule has 2 atom stereocenters. The normalized spacial score (nSPS) is 22.4. The number of nitrogens with zero attached hydrogens (tertiary/aromatic N) is 1. The average molecular weight is 464 g/mol. The van der Waals surface area contributed by atoms with Crippen LogP contribution in [0, 0.1) is 0 Å².